The number of nitrogens with zero attached hydrogens (tertiary/aromatic N) is 2. The van der Waals surface area contributed by atoms with E-state index in [-0.39, 0.29) is 53.9 Å². The lowest BCUT2D eigenvalue weighted by Crippen LogP contribution is -2.58. The Morgan fingerprint density at radius 1 is 0.885 bits per heavy atom. The van der Waals surface area contributed by atoms with Crippen molar-refractivity contribution in [2.45, 2.75) is 31.1 Å². The van der Waals surface area contributed by atoms with Gasteiger partial charge in [0.15, 0.2) is 23.1 Å². The molecule has 4 aromatic rings. The van der Waals surface area contributed by atoms with Crippen LogP contribution in [0, 0.1) is 33.8 Å². The third-order valence-electron chi connectivity index (χ3n) is 11.3. The molecule has 0 radical (unpaired) electrons. The van der Waals surface area contributed by atoms with E-state index in [0.29, 0.717) is 22.3 Å². The number of carbonyl (C=O) groups is 4. The highest BCUT2D eigenvalue weighted by Gasteiger charge is 2.66. The maximum atomic E-state index is 15.2. The Hall–Kier alpha value is -6.16. The summed E-state index contributed by atoms with van der Waals surface area (Å²) in [4.78, 5) is 70.7. The minimum absolute atomic E-state index is 0.0754. The van der Waals surface area contributed by atoms with Gasteiger partial charge >= 0.3 is 0 Å². The molecular formula is C42H34N2O8. The van der Waals surface area contributed by atoms with Crippen molar-refractivity contribution >= 4 is 40.3 Å². The van der Waals surface area contributed by atoms with Crippen LogP contribution >= 0.6 is 0 Å². The average Bonchev–Trinajstić information content (AvgIpc) is 3.42. The number of ether oxygens (including phenoxy) is 1. The standard InChI is InChI=1S/C42H34N2O8/c1-2-52-35-21-25(13-20-34(35)45)38-29-18-19-30-37(41(49)43(40(30)48)27-14-16-28(17-15-27)44(50)51)32(29)22-33-39(47)31(24-9-5-3-6-10-24)23-36(46)42(33,38)26-11-7-4-8-12-26/h3-18,20-21,23,30,32-33,37-38,45H,2,19,22H2,1H3. The number of allylic oxidation sites excluding steroid dienone is 4. The van der Waals surface area contributed by atoms with Crippen molar-refractivity contribution in [1.82, 2.24) is 0 Å². The van der Waals surface area contributed by atoms with Crippen LogP contribution in [-0.2, 0) is 24.6 Å². The largest absolute Gasteiger partial charge is 0.504 e. The molecule has 0 spiro atoms. The van der Waals surface area contributed by atoms with Crippen LogP contribution < -0.4 is 9.64 Å². The molecule has 6 atom stereocenters. The fraction of sp³-hybridized carbons (Fsp3) is 0.238. The van der Waals surface area contributed by atoms with Crippen molar-refractivity contribution in [2.75, 3.05) is 11.5 Å². The highest BCUT2D eigenvalue weighted by atomic mass is 16.6. The van der Waals surface area contributed by atoms with E-state index in [9.17, 15) is 24.8 Å². The van der Waals surface area contributed by atoms with Crippen molar-refractivity contribution in [2.24, 2.45) is 23.7 Å². The predicted octanol–water partition coefficient (Wildman–Crippen LogP) is 6.73. The molecule has 1 heterocycles. The number of nitro benzene ring substituents is 1. The van der Waals surface area contributed by atoms with Gasteiger partial charge in [-0.2, -0.15) is 0 Å². The van der Waals surface area contributed by atoms with Crippen LogP contribution in [0.2, 0.25) is 0 Å². The van der Waals surface area contributed by atoms with E-state index in [1.165, 1.54) is 36.4 Å². The summed E-state index contributed by atoms with van der Waals surface area (Å²) in [7, 11) is 0. The Morgan fingerprint density at radius 3 is 2.25 bits per heavy atom. The summed E-state index contributed by atoms with van der Waals surface area (Å²) < 4.78 is 5.81. The van der Waals surface area contributed by atoms with Gasteiger partial charge in [-0.1, -0.05) is 78.4 Å². The fourth-order valence-corrected chi connectivity index (χ4v) is 9.21. The van der Waals surface area contributed by atoms with Crippen LogP contribution in [0.25, 0.3) is 5.57 Å². The van der Waals surface area contributed by atoms with Gasteiger partial charge in [0.25, 0.3) is 5.69 Å². The number of nitro groups is 1. The molecular weight excluding hydrogens is 660 g/mol. The number of phenolic OH excluding ortho intramolecular Hbond substituents is 1. The third-order valence-corrected chi connectivity index (χ3v) is 11.3. The molecule has 1 N–H and O–H groups in total. The number of benzene rings is 4. The van der Waals surface area contributed by atoms with Gasteiger partial charge in [0.05, 0.1) is 34.5 Å². The molecule has 1 saturated carbocycles. The van der Waals surface area contributed by atoms with Crippen molar-refractivity contribution in [3.63, 3.8) is 0 Å². The molecule has 1 saturated heterocycles. The van der Waals surface area contributed by atoms with Crippen LogP contribution in [0.3, 0.4) is 0 Å². The lowest BCUT2D eigenvalue weighted by molar-refractivity contribution is -0.384. The molecule has 0 bridgehead atoms. The minimum Gasteiger partial charge on any atom is -0.504 e. The van der Waals surface area contributed by atoms with Gasteiger partial charge in [0, 0.05) is 29.5 Å². The Bertz CT molecular complexity index is 2210. The summed E-state index contributed by atoms with van der Waals surface area (Å²) >= 11 is 0. The molecule has 10 heteroatoms. The monoisotopic (exact) mass is 694 g/mol. The first-order valence-electron chi connectivity index (χ1n) is 17.4. The molecule has 2 fully saturated rings. The first-order valence-corrected chi connectivity index (χ1v) is 17.4. The number of hydrogen-bond donors (Lipinski definition) is 1. The number of amides is 2. The minimum atomic E-state index is -1.42. The molecule has 6 unspecified atom stereocenters. The van der Waals surface area contributed by atoms with Gasteiger partial charge in [-0.05, 0) is 72.7 Å². The number of fused-ring (bicyclic) bond motifs is 4. The molecule has 4 aromatic carbocycles. The topological polar surface area (TPSA) is 144 Å². The highest BCUT2D eigenvalue weighted by molar-refractivity contribution is 6.32. The van der Waals surface area contributed by atoms with Crippen molar-refractivity contribution in [1.29, 1.82) is 0 Å². The Labute approximate surface area is 299 Å². The van der Waals surface area contributed by atoms with Gasteiger partial charge in [-0.15, -0.1) is 0 Å². The Kier molecular flexibility index (Phi) is 7.97. The van der Waals surface area contributed by atoms with Crippen LogP contribution in [-0.4, -0.2) is 40.0 Å². The number of hydrogen-bond acceptors (Lipinski definition) is 8. The van der Waals surface area contributed by atoms with Crippen molar-refractivity contribution < 1.29 is 33.9 Å². The van der Waals surface area contributed by atoms with Crippen LogP contribution in [0.1, 0.15) is 42.4 Å². The summed E-state index contributed by atoms with van der Waals surface area (Å²) in [5.74, 6) is -5.02. The number of imide groups is 1. The zero-order valence-electron chi connectivity index (χ0n) is 28.2. The van der Waals surface area contributed by atoms with Crippen molar-refractivity contribution in [3.8, 4) is 11.5 Å². The van der Waals surface area contributed by atoms with E-state index in [1.807, 2.05) is 54.6 Å². The zero-order valence-corrected chi connectivity index (χ0v) is 28.2. The van der Waals surface area contributed by atoms with Crippen molar-refractivity contribution in [3.05, 3.63) is 148 Å². The molecule has 10 nitrogen and oxygen atoms in total. The first kappa shape index (κ1) is 33.0. The van der Waals surface area contributed by atoms with E-state index in [4.69, 9.17) is 4.74 Å². The normalized spacial score (nSPS) is 26.6. The van der Waals surface area contributed by atoms with Gasteiger partial charge in [-0.3, -0.25) is 34.2 Å². The number of anilines is 1. The molecule has 3 aliphatic carbocycles. The van der Waals surface area contributed by atoms with Crippen LogP contribution in [0.4, 0.5) is 11.4 Å². The number of non-ortho nitro benzene ring substituents is 1. The van der Waals surface area contributed by atoms with Gasteiger partial charge < -0.3 is 9.84 Å². The second kappa shape index (κ2) is 12.6. The third kappa shape index (κ3) is 4.85. The lowest BCUT2D eigenvalue weighted by Gasteiger charge is -2.55. The van der Waals surface area contributed by atoms with E-state index in [1.54, 1.807) is 31.2 Å². The summed E-state index contributed by atoms with van der Waals surface area (Å²) in [6.45, 7) is 2.07. The van der Waals surface area contributed by atoms with E-state index in [2.05, 4.69) is 0 Å². The maximum absolute atomic E-state index is 15.2. The van der Waals surface area contributed by atoms with Crippen LogP contribution in [0.15, 0.2) is 121 Å². The smallest absolute Gasteiger partial charge is 0.269 e. The summed E-state index contributed by atoms with van der Waals surface area (Å²) in [5, 5.41) is 22.1. The first-order chi connectivity index (χ1) is 25.2. The summed E-state index contributed by atoms with van der Waals surface area (Å²) in [6.07, 6.45) is 3.78. The Balaban J connectivity index is 1.34. The lowest BCUT2D eigenvalue weighted by atomic mass is 9.44. The Morgan fingerprint density at radius 2 is 1.58 bits per heavy atom. The molecule has 260 valence electrons. The quantitative estimate of drug-likeness (QED) is 0.0971. The maximum Gasteiger partial charge on any atom is 0.269 e. The molecule has 0 aromatic heterocycles. The zero-order chi connectivity index (χ0) is 36.3. The predicted molar refractivity (Wildman–Crippen MR) is 191 cm³/mol. The SMILES string of the molecule is CCOc1cc(C2C3=CCC4C(=O)N(c5ccc([N+](=O)[O-])cc5)C(=O)C4C3CC3C(=O)C(c4ccccc4)=CC(=O)C32c2ccccc2)ccc1O. The molecule has 52 heavy (non-hydrogen) atoms. The number of Topliss-reactive ketones (excluding diaryl/α,β-unsaturated/α-hetero) is 1. The fourth-order valence-electron chi connectivity index (χ4n) is 9.21. The number of aromatic hydroxyl groups is 1. The molecule has 2 amide bonds. The number of carbonyl (C=O) groups excluding carboxylic acids is 4. The number of ketones is 2. The second-order valence-corrected chi connectivity index (χ2v) is 13.7. The van der Waals surface area contributed by atoms with Gasteiger partial charge in [-0.25, -0.2) is 0 Å². The van der Waals surface area contributed by atoms with E-state index >= 15 is 9.59 Å². The summed E-state index contributed by atoms with van der Waals surface area (Å²) in [5.41, 5.74) is 1.62. The highest BCUT2D eigenvalue weighted by Crippen LogP contribution is 2.64. The summed E-state index contributed by atoms with van der Waals surface area (Å²) in [6, 6.07) is 28.6. The van der Waals surface area contributed by atoms with Crippen LogP contribution in [0.5, 0.6) is 11.5 Å². The van der Waals surface area contributed by atoms with E-state index in [0.717, 1.165) is 10.5 Å². The number of rotatable bonds is 7. The number of phenols is 1. The molecule has 8 rings (SSSR count). The van der Waals surface area contributed by atoms with E-state index < -0.39 is 51.7 Å². The molecule has 1 aliphatic heterocycles. The average molecular weight is 695 g/mol. The van der Waals surface area contributed by atoms with Gasteiger partial charge in [0.1, 0.15) is 0 Å². The van der Waals surface area contributed by atoms with Gasteiger partial charge in [0.2, 0.25) is 11.8 Å². The molecule has 4 aliphatic rings. The second-order valence-electron chi connectivity index (χ2n) is 13.7.